The molecule has 1 rings (SSSR count). The molecule has 0 heterocycles. The molecule has 2 unspecified atom stereocenters. The normalized spacial score (nSPS) is 13.8. The standard InChI is InChI=1S/C13H19NO4/c1-8(14)10(7-12(15)16)9-5-4-6-11(17-2)13(9)18-3/h4-6,8,10H,7,14H2,1-3H3,(H,15,16). The van der Waals surface area contributed by atoms with Crippen molar-refractivity contribution in [1.82, 2.24) is 0 Å². The van der Waals surface area contributed by atoms with Crippen LogP contribution in [0.25, 0.3) is 0 Å². The third kappa shape index (κ3) is 3.13. The molecule has 1 aromatic rings. The molecule has 2 atom stereocenters. The largest absolute Gasteiger partial charge is 0.493 e. The van der Waals surface area contributed by atoms with Gasteiger partial charge in [0.1, 0.15) is 0 Å². The molecule has 0 fully saturated rings. The molecule has 0 aliphatic carbocycles. The van der Waals surface area contributed by atoms with E-state index in [4.69, 9.17) is 20.3 Å². The number of rotatable bonds is 6. The zero-order valence-corrected chi connectivity index (χ0v) is 10.8. The number of carboxylic acid groups (broad SMARTS) is 1. The molecule has 0 saturated heterocycles. The van der Waals surface area contributed by atoms with Gasteiger partial charge >= 0.3 is 5.97 Å². The van der Waals surface area contributed by atoms with Crippen LogP contribution in [0.2, 0.25) is 0 Å². The molecule has 0 aliphatic heterocycles. The third-order valence-electron chi connectivity index (χ3n) is 2.86. The maximum absolute atomic E-state index is 10.9. The second kappa shape index (κ2) is 6.26. The molecule has 0 amide bonds. The minimum Gasteiger partial charge on any atom is -0.493 e. The Bertz CT molecular complexity index is 417. The Morgan fingerprint density at radius 3 is 2.50 bits per heavy atom. The predicted octanol–water partition coefficient (Wildman–Crippen LogP) is 1.61. The summed E-state index contributed by atoms with van der Waals surface area (Å²) in [6.45, 7) is 1.78. The van der Waals surface area contributed by atoms with Crippen molar-refractivity contribution in [3.63, 3.8) is 0 Å². The van der Waals surface area contributed by atoms with Crippen LogP contribution in [0.1, 0.15) is 24.8 Å². The summed E-state index contributed by atoms with van der Waals surface area (Å²) < 4.78 is 10.5. The molecule has 3 N–H and O–H groups in total. The molecule has 100 valence electrons. The van der Waals surface area contributed by atoms with Gasteiger partial charge in [0.05, 0.1) is 20.6 Å². The monoisotopic (exact) mass is 253 g/mol. The number of carbonyl (C=O) groups is 1. The van der Waals surface area contributed by atoms with E-state index in [1.165, 1.54) is 7.11 Å². The first-order chi connectivity index (χ1) is 8.51. The predicted molar refractivity (Wildman–Crippen MR) is 68.2 cm³/mol. The van der Waals surface area contributed by atoms with Gasteiger partial charge in [-0.2, -0.15) is 0 Å². The van der Waals surface area contributed by atoms with Gasteiger partial charge in [-0.3, -0.25) is 4.79 Å². The average Bonchev–Trinajstić information content (AvgIpc) is 2.34. The van der Waals surface area contributed by atoms with E-state index in [0.29, 0.717) is 11.5 Å². The SMILES string of the molecule is COc1cccc(C(CC(=O)O)C(C)N)c1OC. The average molecular weight is 253 g/mol. The Labute approximate surface area is 107 Å². The Hall–Kier alpha value is -1.75. The van der Waals surface area contributed by atoms with Crippen molar-refractivity contribution in [2.24, 2.45) is 5.73 Å². The van der Waals surface area contributed by atoms with Crippen LogP contribution in [0.3, 0.4) is 0 Å². The number of hydrogen-bond donors (Lipinski definition) is 2. The van der Waals surface area contributed by atoms with Crippen LogP contribution in [0.5, 0.6) is 11.5 Å². The summed E-state index contributed by atoms with van der Waals surface area (Å²) in [5, 5.41) is 8.96. The minimum absolute atomic E-state index is 0.0405. The topological polar surface area (TPSA) is 81.8 Å². The highest BCUT2D eigenvalue weighted by Gasteiger charge is 2.24. The lowest BCUT2D eigenvalue weighted by molar-refractivity contribution is -0.137. The second-order valence-electron chi connectivity index (χ2n) is 4.15. The van der Waals surface area contributed by atoms with E-state index in [1.54, 1.807) is 26.2 Å². The highest BCUT2D eigenvalue weighted by atomic mass is 16.5. The first kappa shape index (κ1) is 14.3. The fourth-order valence-corrected chi connectivity index (χ4v) is 1.97. The van der Waals surface area contributed by atoms with E-state index in [2.05, 4.69) is 0 Å². The number of methoxy groups -OCH3 is 2. The summed E-state index contributed by atoms with van der Waals surface area (Å²) in [7, 11) is 3.07. The fourth-order valence-electron chi connectivity index (χ4n) is 1.97. The van der Waals surface area contributed by atoms with Gasteiger partial charge < -0.3 is 20.3 Å². The van der Waals surface area contributed by atoms with Crippen molar-refractivity contribution in [3.05, 3.63) is 23.8 Å². The number of aliphatic carboxylic acids is 1. The van der Waals surface area contributed by atoms with Gasteiger partial charge in [-0.05, 0) is 13.0 Å². The van der Waals surface area contributed by atoms with E-state index < -0.39 is 5.97 Å². The molecule has 0 aromatic heterocycles. The summed E-state index contributed by atoms with van der Waals surface area (Å²) >= 11 is 0. The number of hydrogen-bond acceptors (Lipinski definition) is 4. The third-order valence-corrected chi connectivity index (χ3v) is 2.86. The van der Waals surface area contributed by atoms with Gasteiger partial charge in [0.2, 0.25) is 0 Å². The molecule has 0 saturated carbocycles. The first-order valence-corrected chi connectivity index (χ1v) is 5.69. The zero-order chi connectivity index (χ0) is 13.7. The maximum Gasteiger partial charge on any atom is 0.304 e. The Morgan fingerprint density at radius 1 is 1.39 bits per heavy atom. The molecule has 0 bridgehead atoms. The van der Waals surface area contributed by atoms with Crippen molar-refractivity contribution in [2.75, 3.05) is 14.2 Å². The lowest BCUT2D eigenvalue weighted by Crippen LogP contribution is -2.27. The van der Waals surface area contributed by atoms with Crippen molar-refractivity contribution < 1.29 is 19.4 Å². The summed E-state index contributed by atoms with van der Waals surface area (Å²) in [5.74, 6) is -0.0793. The summed E-state index contributed by atoms with van der Waals surface area (Å²) in [4.78, 5) is 10.9. The van der Waals surface area contributed by atoms with Gasteiger partial charge in [-0.1, -0.05) is 12.1 Å². The smallest absolute Gasteiger partial charge is 0.304 e. The molecule has 1 aromatic carbocycles. The molecular formula is C13H19NO4. The van der Waals surface area contributed by atoms with Crippen LogP contribution in [0, 0.1) is 0 Å². The lowest BCUT2D eigenvalue weighted by atomic mass is 9.89. The molecular weight excluding hydrogens is 234 g/mol. The quantitative estimate of drug-likeness (QED) is 0.805. The van der Waals surface area contributed by atoms with E-state index in [0.717, 1.165) is 5.56 Å². The van der Waals surface area contributed by atoms with Gasteiger partial charge in [-0.15, -0.1) is 0 Å². The molecule has 0 aliphatic rings. The van der Waals surface area contributed by atoms with Crippen molar-refractivity contribution in [2.45, 2.75) is 25.3 Å². The summed E-state index contributed by atoms with van der Waals surface area (Å²) in [6.07, 6.45) is -0.0405. The zero-order valence-electron chi connectivity index (χ0n) is 10.8. The van der Waals surface area contributed by atoms with Gasteiger partial charge in [0.15, 0.2) is 11.5 Å². The summed E-state index contributed by atoms with van der Waals surface area (Å²) in [6, 6.07) is 5.09. The van der Waals surface area contributed by atoms with Crippen LogP contribution >= 0.6 is 0 Å². The Kier molecular flexibility index (Phi) is 4.97. The molecule has 0 radical (unpaired) electrons. The highest BCUT2D eigenvalue weighted by Crippen LogP contribution is 2.37. The van der Waals surface area contributed by atoms with Crippen LogP contribution < -0.4 is 15.2 Å². The van der Waals surface area contributed by atoms with Crippen molar-refractivity contribution >= 4 is 5.97 Å². The van der Waals surface area contributed by atoms with E-state index in [1.807, 2.05) is 6.07 Å². The maximum atomic E-state index is 10.9. The van der Waals surface area contributed by atoms with Crippen LogP contribution in [-0.2, 0) is 4.79 Å². The van der Waals surface area contributed by atoms with E-state index in [-0.39, 0.29) is 18.4 Å². The fraction of sp³-hybridized carbons (Fsp3) is 0.462. The van der Waals surface area contributed by atoms with E-state index in [9.17, 15) is 4.79 Å². The number of nitrogens with two attached hydrogens (primary N) is 1. The Morgan fingerprint density at radius 2 is 2.06 bits per heavy atom. The number of para-hydroxylation sites is 1. The van der Waals surface area contributed by atoms with Crippen LogP contribution in [0.15, 0.2) is 18.2 Å². The second-order valence-corrected chi connectivity index (χ2v) is 4.15. The number of carboxylic acids is 1. The van der Waals surface area contributed by atoms with Gasteiger partial charge in [0, 0.05) is 17.5 Å². The van der Waals surface area contributed by atoms with Gasteiger partial charge in [-0.25, -0.2) is 0 Å². The first-order valence-electron chi connectivity index (χ1n) is 5.69. The van der Waals surface area contributed by atoms with Crippen LogP contribution in [0.4, 0.5) is 0 Å². The highest BCUT2D eigenvalue weighted by molar-refractivity contribution is 5.69. The lowest BCUT2D eigenvalue weighted by Gasteiger charge is -2.22. The molecule has 18 heavy (non-hydrogen) atoms. The van der Waals surface area contributed by atoms with Crippen molar-refractivity contribution in [1.29, 1.82) is 0 Å². The van der Waals surface area contributed by atoms with E-state index >= 15 is 0 Å². The number of ether oxygens (including phenoxy) is 2. The molecule has 5 nitrogen and oxygen atoms in total. The minimum atomic E-state index is -0.887. The van der Waals surface area contributed by atoms with Crippen molar-refractivity contribution in [3.8, 4) is 11.5 Å². The molecule has 0 spiro atoms. The molecule has 5 heteroatoms. The van der Waals surface area contributed by atoms with Gasteiger partial charge in [0.25, 0.3) is 0 Å². The summed E-state index contributed by atoms with van der Waals surface area (Å²) in [5.41, 5.74) is 6.63. The van der Waals surface area contributed by atoms with Crippen LogP contribution in [-0.4, -0.2) is 31.3 Å². The number of benzene rings is 1. The Balaban J connectivity index is 3.22.